The van der Waals surface area contributed by atoms with Crippen LogP contribution in [0.4, 0.5) is 0 Å². The van der Waals surface area contributed by atoms with Crippen molar-refractivity contribution >= 4 is 40.3 Å². The average Bonchev–Trinajstić information content (AvgIpc) is 3.53. The molecular formula is C28H24N2O9S. The molecule has 0 saturated heterocycles. The fraction of sp³-hybridized carbons (Fsp3) is 0.214. The lowest BCUT2D eigenvalue weighted by atomic mass is 9.87. The highest BCUT2D eigenvalue weighted by Crippen LogP contribution is 2.47. The van der Waals surface area contributed by atoms with E-state index in [2.05, 4.69) is 8.75 Å². The molecule has 1 aliphatic heterocycles. The third-order valence-electron chi connectivity index (χ3n) is 6.47. The van der Waals surface area contributed by atoms with E-state index in [1.807, 2.05) is 0 Å². The number of rotatable bonds is 10. The number of hydrogen-bond acceptors (Lipinski definition) is 11. The van der Waals surface area contributed by atoms with Gasteiger partial charge in [0, 0.05) is 23.6 Å². The first-order valence-corrected chi connectivity index (χ1v) is 12.7. The van der Waals surface area contributed by atoms with Crippen molar-refractivity contribution in [1.29, 1.82) is 0 Å². The van der Waals surface area contributed by atoms with Crippen LogP contribution in [-0.4, -0.2) is 58.8 Å². The highest BCUT2D eigenvalue weighted by atomic mass is 32.1. The minimum Gasteiger partial charge on any atom is -0.497 e. The average molecular weight is 565 g/mol. The smallest absolute Gasteiger partial charge is 0.342 e. The summed E-state index contributed by atoms with van der Waals surface area (Å²) in [6.45, 7) is -0.602. The zero-order valence-electron chi connectivity index (χ0n) is 21.7. The molecule has 1 aromatic heterocycles. The molecule has 0 saturated carbocycles. The fourth-order valence-corrected chi connectivity index (χ4v) is 5.05. The summed E-state index contributed by atoms with van der Waals surface area (Å²) >= 11 is 1.04. The van der Waals surface area contributed by atoms with Crippen molar-refractivity contribution in [3.05, 3.63) is 76.9 Å². The molecule has 0 radical (unpaired) electrons. The molecule has 1 aliphatic rings. The van der Waals surface area contributed by atoms with Crippen molar-refractivity contribution in [3.8, 4) is 23.0 Å². The summed E-state index contributed by atoms with van der Waals surface area (Å²) in [5, 5.41) is 21.3. The number of carbonyl (C=O) groups excluding carboxylic acids is 1. The maximum Gasteiger partial charge on any atom is 0.342 e. The topological polar surface area (TPSA) is 147 Å². The number of carboxylic acid groups (broad SMARTS) is 1. The van der Waals surface area contributed by atoms with Gasteiger partial charge in [-0.2, -0.15) is 8.75 Å². The Bertz CT molecular complexity index is 1650. The molecule has 11 nitrogen and oxygen atoms in total. The van der Waals surface area contributed by atoms with Gasteiger partial charge in [-0.05, 0) is 47.5 Å². The van der Waals surface area contributed by atoms with Gasteiger partial charge in [0.1, 0.15) is 22.5 Å². The number of ether oxygens (including phenoxy) is 5. The SMILES string of the molecule is COc1ccc(CC2=C(c3ccc4nsnc4c3)C(=O)OC2(O)c2ccc(OC)c(OC)c2)c(OCC(=O)O)c1. The van der Waals surface area contributed by atoms with Crippen molar-refractivity contribution in [3.63, 3.8) is 0 Å². The number of fused-ring (bicyclic) bond motifs is 1. The zero-order chi connectivity index (χ0) is 28.4. The number of nitrogens with zero attached hydrogens (tertiary/aromatic N) is 2. The number of hydrogen-bond donors (Lipinski definition) is 2. The van der Waals surface area contributed by atoms with Crippen LogP contribution >= 0.6 is 11.7 Å². The summed E-state index contributed by atoms with van der Waals surface area (Å²) in [7, 11) is 4.41. The zero-order valence-corrected chi connectivity index (χ0v) is 22.5. The molecule has 206 valence electrons. The number of aromatic nitrogens is 2. The first kappa shape index (κ1) is 26.9. The summed E-state index contributed by atoms with van der Waals surface area (Å²) < 4.78 is 35.7. The Morgan fingerprint density at radius 2 is 1.70 bits per heavy atom. The molecule has 2 N–H and O–H groups in total. The van der Waals surface area contributed by atoms with Gasteiger partial charge in [0.15, 0.2) is 18.1 Å². The summed E-state index contributed by atoms with van der Waals surface area (Å²) in [5.74, 6) is -2.73. The quantitative estimate of drug-likeness (QED) is 0.273. The number of aliphatic hydroxyl groups is 1. The Balaban J connectivity index is 1.70. The summed E-state index contributed by atoms with van der Waals surface area (Å²) in [5.41, 5.74) is 2.77. The molecule has 2 heterocycles. The molecule has 3 aromatic carbocycles. The van der Waals surface area contributed by atoms with E-state index in [9.17, 15) is 19.8 Å². The van der Waals surface area contributed by atoms with Crippen molar-refractivity contribution in [2.75, 3.05) is 27.9 Å². The van der Waals surface area contributed by atoms with Crippen LogP contribution in [0.25, 0.3) is 16.6 Å². The van der Waals surface area contributed by atoms with Gasteiger partial charge in [-0.15, -0.1) is 0 Å². The second-order valence-corrected chi connectivity index (χ2v) is 9.29. The van der Waals surface area contributed by atoms with Crippen molar-refractivity contribution < 1.29 is 43.5 Å². The van der Waals surface area contributed by atoms with Gasteiger partial charge in [0.05, 0.1) is 38.6 Å². The van der Waals surface area contributed by atoms with E-state index in [-0.39, 0.29) is 28.9 Å². The van der Waals surface area contributed by atoms with E-state index >= 15 is 0 Å². The number of carboxylic acids is 1. The third-order valence-corrected chi connectivity index (χ3v) is 7.02. The predicted molar refractivity (Wildman–Crippen MR) is 144 cm³/mol. The minimum atomic E-state index is -2.20. The molecule has 0 spiro atoms. The van der Waals surface area contributed by atoms with Gasteiger partial charge < -0.3 is 33.9 Å². The summed E-state index contributed by atoms with van der Waals surface area (Å²) in [6, 6.07) is 14.7. The van der Waals surface area contributed by atoms with Crippen LogP contribution in [0.2, 0.25) is 0 Å². The van der Waals surface area contributed by atoms with Crippen LogP contribution in [0.15, 0.2) is 60.2 Å². The minimum absolute atomic E-state index is 0.0434. The van der Waals surface area contributed by atoms with E-state index < -0.39 is 24.3 Å². The van der Waals surface area contributed by atoms with E-state index in [4.69, 9.17) is 23.7 Å². The van der Waals surface area contributed by atoms with E-state index in [1.165, 1.54) is 27.4 Å². The van der Waals surface area contributed by atoms with Gasteiger partial charge in [-0.1, -0.05) is 12.1 Å². The lowest BCUT2D eigenvalue weighted by Crippen LogP contribution is -2.30. The Kier molecular flexibility index (Phi) is 7.28. The van der Waals surface area contributed by atoms with E-state index in [1.54, 1.807) is 48.5 Å². The number of methoxy groups -OCH3 is 3. The lowest BCUT2D eigenvalue weighted by Gasteiger charge is -2.27. The largest absolute Gasteiger partial charge is 0.497 e. The first-order valence-electron chi connectivity index (χ1n) is 11.9. The number of cyclic esters (lactones) is 1. The number of aliphatic carboxylic acids is 1. The van der Waals surface area contributed by atoms with Crippen LogP contribution < -0.4 is 18.9 Å². The van der Waals surface area contributed by atoms with Crippen LogP contribution in [-0.2, 0) is 26.5 Å². The molecule has 0 amide bonds. The van der Waals surface area contributed by atoms with Crippen molar-refractivity contribution in [1.82, 2.24) is 8.75 Å². The van der Waals surface area contributed by atoms with Crippen LogP contribution in [0.5, 0.6) is 23.0 Å². The maximum absolute atomic E-state index is 13.5. The Labute approximate surface area is 232 Å². The van der Waals surface area contributed by atoms with Gasteiger partial charge in [-0.3, -0.25) is 0 Å². The standard InChI is InChI=1S/C28H24N2O9S/c1-35-18-7-4-15(23(13-18)38-14-25(31)32)10-19-26(16-5-8-20-21(11-16)30-40-29-20)27(33)39-28(19,34)17-6-9-22(36-2)24(12-17)37-3/h4-9,11-13,34H,10,14H2,1-3H3,(H,31,32). The molecule has 1 atom stereocenters. The highest BCUT2D eigenvalue weighted by molar-refractivity contribution is 7.00. The molecule has 12 heteroatoms. The fourth-order valence-electron chi connectivity index (χ4n) is 4.53. The van der Waals surface area contributed by atoms with Gasteiger partial charge in [0.2, 0.25) is 0 Å². The maximum atomic E-state index is 13.5. The normalized spacial score (nSPS) is 16.6. The third kappa shape index (κ3) is 4.90. The molecule has 5 rings (SSSR count). The second kappa shape index (κ2) is 10.8. The molecule has 4 aromatic rings. The Morgan fingerprint density at radius 1 is 0.925 bits per heavy atom. The highest BCUT2D eigenvalue weighted by Gasteiger charge is 2.48. The lowest BCUT2D eigenvalue weighted by molar-refractivity contribution is -0.185. The van der Waals surface area contributed by atoms with Gasteiger partial charge in [-0.25, -0.2) is 9.59 Å². The molecule has 0 aliphatic carbocycles. The molecule has 40 heavy (non-hydrogen) atoms. The molecular weight excluding hydrogens is 540 g/mol. The molecule has 0 bridgehead atoms. The molecule has 0 fully saturated rings. The number of benzene rings is 3. The number of carbonyl (C=O) groups is 2. The Morgan fingerprint density at radius 3 is 2.42 bits per heavy atom. The van der Waals surface area contributed by atoms with Crippen LogP contribution in [0.1, 0.15) is 16.7 Å². The second-order valence-electron chi connectivity index (χ2n) is 8.76. The van der Waals surface area contributed by atoms with E-state index in [0.717, 1.165) is 11.7 Å². The Hall–Kier alpha value is -4.68. The number of esters is 1. The van der Waals surface area contributed by atoms with Crippen molar-refractivity contribution in [2.45, 2.75) is 12.2 Å². The van der Waals surface area contributed by atoms with Crippen LogP contribution in [0.3, 0.4) is 0 Å². The van der Waals surface area contributed by atoms with Gasteiger partial charge >= 0.3 is 11.9 Å². The van der Waals surface area contributed by atoms with Crippen molar-refractivity contribution in [2.24, 2.45) is 0 Å². The van der Waals surface area contributed by atoms with Crippen LogP contribution in [0, 0.1) is 0 Å². The summed E-state index contributed by atoms with van der Waals surface area (Å²) in [4.78, 5) is 24.7. The first-order chi connectivity index (χ1) is 19.3. The molecule has 1 unspecified atom stereocenters. The van der Waals surface area contributed by atoms with E-state index in [0.29, 0.717) is 39.4 Å². The monoisotopic (exact) mass is 564 g/mol. The summed E-state index contributed by atoms with van der Waals surface area (Å²) in [6.07, 6.45) is -0.0434. The van der Waals surface area contributed by atoms with Gasteiger partial charge in [0.25, 0.3) is 5.79 Å². The predicted octanol–water partition coefficient (Wildman–Crippen LogP) is 3.58.